The molecule has 0 spiro atoms. The Morgan fingerprint density at radius 3 is 2.53 bits per heavy atom. The molecule has 0 aliphatic rings. The van der Waals surface area contributed by atoms with Crippen LogP contribution in [0, 0.1) is 18.3 Å². The summed E-state index contributed by atoms with van der Waals surface area (Å²) in [6, 6.07) is 11.5. The van der Waals surface area contributed by atoms with Crippen molar-refractivity contribution in [2.24, 2.45) is 0 Å². The van der Waals surface area contributed by atoms with E-state index in [4.69, 9.17) is 10.00 Å². The van der Waals surface area contributed by atoms with Crippen LogP contribution >= 0.6 is 0 Å². The number of aromatic nitrogens is 1. The van der Waals surface area contributed by atoms with Crippen LogP contribution in [-0.2, 0) is 0 Å². The van der Waals surface area contributed by atoms with Crippen molar-refractivity contribution in [2.45, 2.75) is 26.7 Å². The van der Waals surface area contributed by atoms with Gasteiger partial charge in [0.1, 0.15) is 11.8 Å². The second kappa shape index (κ2) is 5.53. The van der Waals surface area contributed by atoms with Gasteiger partial charge < -0.3 is 4.74 Å². The van der Waals surface area contributed by atoms with Gasteiger partial charge in [-0.05, 0) is 42.2 Å². The first-order valence-electron chi connectivity index (χ1n) is 6.24. The van der Waals surface area contributed by atoms with E-state index in [-0.39, 0.29) is 0 Å². The third kappa shape index (κ3) is 3.11. The summed E-state index contributed by atoms with van der Waals surface area (Å²) in [6.07, 6.45) is 1.50. The number of hydrogen-bond donors (Lipinski definition) is 0. The molecule has 19 heavy (non-hydrogen) atoms. The molecule has 0 unspecified atom stereocenters. The van der Waals surface area contributed by atoms with Crippen LogP contribution in [0.5, 0.6) is 11.6 Å². The Hall–Kier alpha value is -2.34. The highest BCUT2D eigenvalue weighted by atomic mass is 16.5. The predicted molar refractivity (Wildman–Crippen MR) is 74.3 cm³/mol. The molecule has 0 radical (unpaired) electrons. The number of rotatable bonds is 3. The third-order valence-corrected chi connectivity index (χ3v) is 2.95. The van der Waals surface area contributed by atoms with Crippen LogP contribution in [0.2, 0.25) is 0 Å². The Morgan fingerprint density at radius 1 is 1.21 bits per heavy atom. The molecule has 1 heterocycles. The summed E-state index contributed by atoms with van der Waals surface area (Å²) >= 11 is 0. The Morgan fingerprint density at radius 2 is 2.00 bits per heavy atom. The molecule has 3 nitrogen and oxygen atoms in total. The van der Waals surface area contributed by atoms with E-state index in [1.165, 1.54) is 17.3 Å². The number of pyridine rings is 1. The van der Waals surface area contributed by atoms with Crippen molar-refractivity contribution in [1.82, 2.24) is 4.98 Å². The Bertz CT molecular complexity index is 610. The zero-order valence-corrected chi connectivity index (χ0v) is 11.3. The molecule has 0 amide bonds. The van der Waals surface area contributed by atoms with Crippen molar-refractivity contribution >= 4 is 0 Å². The molecule has 96 valence electrons. The number of hydrogen-bond acceptors (Lipinski definition) is 3. The summed E-state index contributed by atoms with van der Waals surface area (Å²) in [6.45, 7) is 6.42. The van der Waals surface area contributed by atoms with E-state index in [0.717, 1.165) is 5.75 Å². The number of aryl methyl sites for hydroxylation is 1. The van der Waals surface area contributed by atoms with Crippen molar-refractivity contribution in [1.29, 1.82) is 5.26 Å². The SMILES string of the molecule is Cc1cc(Oc2ccc(C#N)cn2)ccc1C(C)C. The molecule has 0 saturated heterocycles. The Balaban J connectivity index is 2.19. The Labute approximate surface area is 113 Å². The largest absolute Gasteiger partial charge is 0.439 e. The van der Waals surface area contributed by atoms with Gasteiger partial charge in [-0.2, -0.15) is 5.26 Å². The lowest BCUT2D eigenvalue weighted by atomic mass is 9.98. The fourth-order valence-corrected chi connectivity index (χ4v) is 1.99. The number of nitriles is 1. The molecule has 0 aliphatic carbocycles. The number of benzene rings is 1. The molecule has 3 heteroatoms. The van der Waals surface area contributed by atoms with Crippen molar-refractivity contribution in [3.63, 3.8) is 0 Å². The van der Waals surface area contributed by atoms with Gasteiger partial charge in [0, 0.05) is 12.3 Å². The van der Waals surface area contributed by atoms with Gasteiger partial charge in [-0.3, -0.25) is 0 Å². The highest BCUT2D eigenvalue weighted by Crippen LogP contribution is 2.26. The minimum Gasteiger partial charge on any atom is -0.439 e. The molecular weight excluding hydrogens is 236 g/mol. The number of ether oxygens (including phenoxy) is 1. The van der Waals surface area contributed by atoms with Crippen LogP contribution in [0.1, 0.15) is 36.5 Å². The quantitative estimate of drug-likeness (QED) is 0.823. The second-order valence-corrected chi connectivity index (χ2v) is 4.77. The van der Waals surface area contributed by atoms with E-state index in [2.05, 4.69) is 31.8 Å². The molecule has 2 rings (SSSR count). The summed E-state index contributed by atoms with van der Waals surface area (Å²) in [7, 11) is 0. The van der Waals surface area contributed by atoms with Crippen LogP contribution in [0.4, 0.5) is 0 Å². The first kappa shape index (κ1) is 13.1. The molecule has 2 aromatic rings. The van der Waals surface area contributed by atoms with Gasteiger partial charge in [-0.15, -0.1) is 0 Å². The van der Waals surface area contributed by atoms with Gasteiger partial charge in [0.05, 0.1) is 5.56 Å². The van der Waals surface area contributed by atoms with Gasteiger partial charge in [-0.1, -0.05) is 19.9 Å². The van der Waals surface area contributed by atoms with Crippen LogP contribution in [0.15, 0.2) is 36.5 Å². The van der Waals surface area contributed by atoms with Crippen molar-refractivity contribution in [2.75, 3.05) is 0 Å². The summed E-state index contributed by atoms with van der Waals surface area (Å²) in [5, 5.41) is 8.71. The lowest BCUT2D eigenvalue weighted by Gasteiger charge is -2.11. The highest BCUT2D eigenvalue weighted by Gasteiger charge is 2.05. The summed E-state index contributed by atoms with van der Waals surface area (Å²) in [5.74, 6) is 1.76. The van der Waals surface area contributed by atoms with Crippen molar-refractivity contribution < 1.29 is 4.74 Å². The molecule has 0 bridgehead atoms. The van der Waals surface area contributed by atoms with E-state index in [1.807, 2.05) is 18.2 Å². The van der Waals surface area contributed by atoms with E-state index >= 15 is 0 Å². The van der Waals surface area contributed by atoms with E-state index in [0.29, 0.717) is 17.4 Å². The highest BCUT2D eigenvalue weighted by molar-refractivity contribution is 5.38. The van der Waals surface area contributed by atoms with Crippen LogP contribution in [0.3, 0.4) is 0 Å². The van der Waals surface area contributed by atoms with E-state index < -0.39 is 0 Å². The maximum absolute atomic E-state index is 8.71. The van der Waals surface area contributed by atoms with Gasteiger partial charge in [-0.25, -0.2) is 4.98 Å². The maximum Gasteiger partial charge on any atom is 0.219 e. The zero-order chi connectivity index (χ0) is 13.8. The van der Waals surface area contributed by atoms with Gasteiger partial charge in [0.25, 0.3) is 0 Å². The molecular formula is C16H16N2O. The minimum atomic E-state index is 0.496. The first-order valence-corrected chi connectivity index (χ1v) is 6.24. The van der Waals surface area contributed by atoms with Gasteiger partial charge >= 0.3 is 0 Å². The fraction of sp³-hybridized carbons (Fsp3) is 0.250. The van der Waals surface area contributed by atoms with E-state index in [1.54, 1.807) is 12.1 Å². The lowest BCUT2D eigenvalue weighted by molar-refractivity contribution is 0.462. The second-order valence-electron chi connectivity index (χ2n) is 4.77. The fourth-order valence-electron chi connectivity index (χ4n) is 1.99. The average Bonchev–Trinajstić information content (AvgIpc) is 2.39. The minimum absolute atomic E-state index is 0.496. The lowest BCUT2D eigenvalue weighted by Crippen LogP contribution is -1.94. The average molecular weight is 252 g/mol. The number of nitrogens with zero attached hydrogens (tertiary/aromatic N) is 2. The van der Waals surface area contributed by atoms with Gasteiger partial charge in [0.15, 0.2) is 0 Å². The maximum atomic E-state index is 8.71. The van der Waals surface area contributed by atoms with Crippen LogP contribution in [0.25, 0.3) is 0 Å². The van der Waals surface area contributed by atoms with Crippen LogP contribution < -0.4 is 4.74 Å². The third-order valence-electron chi connectivity index (χ3n) is 2.95. The zero-order valence-electron chi connectivity index (χ0n) is 11.3. The smallest absolute Gasteiger partial charge is 0.219 e. The molecule has 0 N–H and O–H groups in total. The topological polar surface area (TPSA) is 45.9 Å². The summed E-state index contributed by atoms with van der Waals surface area (Å²) in [5.41, 5.74) is 3.06. The molecule has 0 fully saturated rings. The standard InChI is InChI=1S/C16H16N2O/c1-11(2)15-6-5-14(8-12(15)3)19-16-7-4-13(9-17)10-18-16/h4-8,10-11H,1-3H3. The van der Waals surface area contributed by atoms with Crippen molar-refractivity contribution in [3.8, 4) is 17.7 Å². The molecule has 0 atom stereocenters. The first-order chi connectivity index (χ1) is 9.10. The molecule has 0 aliphatic heterocycles. The molecule has 1 aromatic heterocycles. The monoisotopic (exact) mass is 252 g/mol. The molecule has 1 aromatic carbocycles. The summed E-state index contributed by atoms with van der Waals surface area (Å²) in [4.78, 5) is 4.09. The van der Waals surface area contributed by atoms with Crippen LogP contribution in [-0.4, -0.2) is 4.98 Å². The van der Waals surface area contributed by atoms with Crippen molar-refractivity contribution in [3.05, 3.63) is 53.2 Å². The molecule has 0 saturated carbocycles. The van der Waals surface area contributed by atoms with Gasteiger partial charge in [0.2, 0.25) is 5.88 Å². The van der Waals surface area contributed by atoms with E-state index in [9.17, 15) is 0 Å². The normalized spacial score (nSPS) is 10.3. The predicted octanol–water partition coefficient (Wildman–Crippen LogP) is 4.18. The summed E-state index contributed by atoms with van der Waals surface area (Å²) < 4.78 is 5.67. The Kier molecular flexibility index (Phi) is 3.82.